The highest BCUT2D eigenvalue weighted by Gasteiger charge is 2.14. The third-order valence-corrected chi connectivity index (χ3v) is 6.09. The van der Waals surface area contributed by atoms with E-state index >= 15 is 0 Å². The van der Waals surface area contributed by atoms with Crippen LogP contribution in [0, 0.1) is 0 Å². The molecule has 0 spiro atoms. The smallest absolute Gasteiger partial charge is 0.338 e. The van der Waals surface area contributed by atoms with Gasteiger partial charge in [-0.3, -0.25) is 9.59 Å². The van der Waals surface area contributed by atoms with Gasteiger partial charge in [-0.15, -0.1) is 23.1 Å². The molecule has 0 saturated carbocycles. The molecule has 2 aromatic carbocycles. The van der Waals surface area contributed by atoms with Crippen molar-refractivity contribution in [3.63, 3.8) is 0 Å². The molecule has 0 atom stereocenters. The number of halogens is 1. The second-order valence-electron chi connectivity index (χ2n) is 6.09. The second kappa shape index (κ2) is 10.3. The lowest BCUT2D eigenvalue weighted by Crippen LogP contribution is -2.22. The maximum absolute atomic E-state index is 12.2. The Hall–Kier alpha value is -2.81. The summed E-state index contributed by atoms with van der Waals surface area (Å²) >= 11 is 8.70. The number of hydrogen-bond acceptors (Lipinski definition) is 6. The zero-order chi connectivity index (χ0) is 21.5. The lowest BCUT2D eigenvalue weighted by Gasteiger charge is -2.07. The first kappa shape index (κ1) is 21.9. The van der Waals surface area contributed by atoms with E-state index in [1.165, 1.54) is 6.07 Å². The first-order chi connectivity index (χ1) is 14.4. The van der Waals surface area contributed by atoms with Crippen molar-refractivity contribution >= 4 is 57.5 Å². The van der Waals surface area contributed by atoms with Gasteiger partial charge >= 0.3 is 5.97 Å². The molecule has 1 heterocycles. The fourth-order valence-electron chi connectivity index (χ4n) is 2.41. The Labute approximate surface area is 186 Å². The molecule has 2 amide bonds. The van der Waals surface area contributed by atoms with Crippen LogP contribution in [0.1, 0.15) is 26.3 Å². The number of thiophene rings is 1. The minimum Gasteiger partial charge on any atom is -0.452 e. The number of carbonyl (C=O) groups excluding carboxylic acids is 3. The number of carbonyl (C=O) groups is 3. The molecular weight excluding hydrogens is 444 g/mol. The van der Waals surface area contributed by atoms with Crippen LogP contribution in [-0.2, 0) is 15.3 Å². The third kappa shape index (κ3) is 6.09. The highest BCUT2D eigenvalue weighted by Crippen LogP contribution is 2.25. The van der Waals surface area contributed by atoms with Crippen LogP contribution >= 0.6 is 34.7 Å². The number of thioether (sulfide) groups is 1. The number of benzene rings is 2. The molecule has 3 aromatic rings. The molecule has 6 nitrogen and oxygen atoms in total. The monoisotopic (exact) mass is 460 g/mol. The van der Waals surface area contributed by atoms with Crippen molar-refractivity contribution in [1.82, 2.24) is 0 Å². The number of anilines is 1. The predicted octanol–water partition coefficient (Wildman–Crippen LogP) is 4.59. The van der Waals surface area contributed by atoms with Gasteiger partial charge in [0.15, 0.2) is 6.61 Å². The summed E-state index contributed by atoms with van der Waals surface area (Å²) in [5.74, 6) is -1.06. The van der Waals surface area contributed by atoms with Crippen LogP contribution in [-0.4, -0.2) is 24.4 Å². The number of ether oxygens (including phenoxy) is 1. The van der Waals surface area contributed by atoms with E-state index in [9.17, 15) is 14.4 Å². The average Bonchev–Trinajstić information content (AvgIpc) is 3.20. The maximum Gasteiger partial charge on any atom is 0.338 e. The van der Waals surface area contributed by atoms with Crippen molar-refractivity contribution < 1.29 is 19.1 Å². The Morgan fingerprint density at radius 2 is 1.73 bits per heavy atom. The zero-order valence-corrected chi connectivity index (χ0v) is 18.0. The van der Waals surface area contributed by atoms with Gasteiger partial charge in [0.05, 0.1) is 11.1 Å². The van der Waals surface area contributed by atoms with Crippen LogP contribution in [0.4, 0.5) is 5.00 Å². The first-order valence-electron chi connectivity index (χ1n) is 8.74. The first-order valence-corrected chi connectivity index (χ1v) is 11.0. The molecule has 154 valence electrons. The van der Waals surface area contributed by atoms with Crippen LogP contribution in [0.3, 0.4) is 0 Å². The summed E-state index contributed by atoms with van der Waals surface area (Å²) in [5.41, 5.74) is 6.83. The van der Waals surface area contributed by atoms with Crippen LogP contribution in [0.15, 0.2) is 64.9 Å². The van der Waals surface area contributed by atoms with E-state index < -0.39 is 24.4 Å². The van der Waals surface area contributed by atoms with Crippen LogP contribution < -0.4 is 11.1 Å². The van der Waals surface area contributed by atoms with Gasteiger partial charge in [-0.1, -0.05) is 23.7 Å². The number of nitrogens with one attached hydrogen (secondary N) is 1. The number of nitrogens with two attached hydrogens (primary N) is 1. The molecule has 3 rings (SSSR count). The molecule has 0 radical (unpaired) electrons. The number of amides is 2. The molecule has 0 unspecified atom stereocenters. The largest absolute Gasteiger partial charge is 0.452 e. The van der Waals surface area contributed by atoms with Crippen molar-refractivity contribution in [3.05, 3.63) is 81.7 Å². The normalized spacial score (nSPS) is 10.4. The van der Waals surface area contributed by atoms with E-state index in [-0.39, 0.29) is 5.56 Å². The molecule has 0 bridgehead atoms. The van der Waals surface area contributed by atoms with Gasteiger partial charge in [-0.2, -0.15) is 0 Å². The quantitative estimate of drug-likeness (QED) is 0.378. The summed E-state index contributed by atoms with van der Waals surface area (Å²) in [6, 6.07) is 16.1. The lowest BCUT2D eigenvalue weighted by molar-refractivity contribution is -0.119. The van der Waals surface area contributed by atoms with E-state index in [1.807, 2.05) is 36.4 Å². The van der Waals surface area contributed by atoms with E-state index in [4.69, 9.17) is 22.1 Å². The molecule has 9 heteroatoms. The molecule has 30 heavy (non-hydrogen) atoms. The molecular formula is C21H17ClN2O4S2. The predicted molar refractivity (Wildman–Crippen MR) is 119 cm³/mol. The van der Waals surface area contributed by atoms with Crippen LogP contribution in [0.5, 0.6) is 0 Å². The van der Waals surface area contributed by atoms with E-state index in [0.717, 1.165) is 27.5 Å². The highest BCUT2D eigenvalue weighted by molar-refractivity contribution is 7.98. The summed E-state index contributed by atoms with van der Waals surface area (Å²) in [6.45, 7) is -0.469. The van der Waals surface area contributed by atoms with Crippen molar-refractivity contribution in [2.75, 3.05) is 11.9 Å². The summed E-state index contributed by atoms with van der Waals surface area (Å²) in [7, 11) is 0. The Balaban J connectivity index is 1.48. The highest BCUT2D eigenvalue weighted by atomic mass is 35.5. The molecule has 0 fully saturated rings. The topological polar surface area (TPSA) is 98.5 Å². The summed E-state index contributed by atoms with van der Waals surface area (Å²) in [6.07, 6.45) is 0. The fourth-order valence-corrected chi connectivity index (χ4v) is 4.20. The standard InChI is InChI=1S/C21H17ClN2O4S2/c22-15-5-7-16(8-6-15)30-12-13-1-3-14(4-2-13)21(27)28-11-18(25)24-20-17(19(23)26)9-10-29-20/h1-10H,11-12H2,(H2,23,26)(H,24,25). The van der Waals surface area contributed by atoms with Crippen LogP contribution in [0.2, 0.25) is 5.02 Å². The third-order valence-electron chi connectivity index (χ3n) is 3.93. The van der Waals surface area contributed by atoms with E-state index in [1.54, 1.807) is 29.3 Å². The van der Waals surface area contributed by atoms with Gasteiger partial charge in [0.1, 0.15) is 5.00 Å². The van der Waals surface area contributed by atoms with Gasteiger partial charge in [0.25, 0.3) is 11.8 Å². The molecule has 0 aliphatic carbocycles. The van der Waals surface area contributed by atoms with E-state index in [2.05, 4.69) is 5.32 Å². The van der Waals surface area contributed by atoms with Crippen molar-refractivity contribution in [1.29, 1.82) is 0 Å². The average molecular weight is 461 g/mol. The maximum atomic E-state index is 12.2. The van der Waals surface area contributed by atoms with Gasteiger partial charge in [0.2, 0.25) is 0 Å². The van der Waals surface area contributed by atoms with Crippen molar-refractivity contribution in [2.24, 2.45) is 5.73 Å². The van der Waals surface area contributed by atoms with Gasteiger partial charge in [0, 0.05) is 15.7 Å². The molecule has 3 N–H and O–H groups in total. The minimum atomic E-state index is -0.641. The Morgan fingerprint density at radius 3 is 2.40 bits per heavy atom. The van der Waals surface area contributed by atoms with E-state index in [0.29, 0.717) is 15.6 Å². The Morgan fingerprint density at radius 1 is 1.03 bits per heavy atom. The number of hydrogen-bond donors (Lipinski definition) is 2. The van der Waals surface area contributed by atoms with Crippen molar-refractivity contribution in [2.45, 2.75) is 10.6 Å². The lowest BCUT2D eigenvalue weighted by atomic mass is 10.1. The van der Waals surface area contributed by atoms with Crippen LogP contribution in [0.25, 0.3) is 0 Å². The second-order valence-corrected chi connectivity index (χ2v) is 8.49. The van der Waals surface area contributed by atoms with Gasteiger partial charge in [-0.05, 0) is 53.4 Å². The summed E-state index contributed by atoms with van der Waals surface area (Å²) in [4.78, 5) is 36.5. The number of rotatable bonds is 8. The molecule has 0 saturated heterocycles. The Bertz CT molecular complexity index is 1050. The summed E-state index contributed by atoms with van der Waals surface area (Å²) < 4.78 is 5.04. The Kier molecular flexibility index (Phi) is 7.51. The number of esters is 1. The molecule has 1 aromatic heterocycles. The molecule has 0 aliphatic heterocycles. The SMILES string of the molecule is NC(=O)c1ccsc1NC(=O)COC(=O)c1ccc(CSc2ccc(Cl)cc2)cc1. The zero-order valence-electron chi connectivity index (χ0n) is 15.6. The fraction of sp³-hybridized carbons (Fsp3) is 0.0952. The van der Waals surface area contributed by atoms with Crippen molar-refractivity contribution in [3.8, 4) is 0 Å². The van der Waals surface area contributed by atoms with Gasteiger partial charge < -0.3 is 15.8 Å². The van der Waals surface area contributed by atoms with Gasteiger partial charge in [-0.25, -0.2) is 4.79 Å². The molecule has 0 aliphatic rings. The number of primary amides is 1. The summed E-state index contributed by atoms with van der Waals surface area (Å²) in [5, 5.41) is 5.17. The minimum absolute atomic E-state index is 0.215.